The van der Waals surface area contributed by atoms with Gasteiger partial charge in [0.1, 0.15) is 24.5 Å². The summed E-state index contributed by atoms with van der Waals surface area (Å²) in [5.74, 6) is -2.75. The molecule has 5 rings (SSSR count). The van der Waals surface area contributed by atoms with Crippen LogP contribution in [0.25, 0.3) is 32.9 Å². The smallest absolute Gasteiger partial charge is 0.325 e. The standard InChI is InChI=1S/C35H43FN8O6/c1-35(2,3)50-32(49)18-38-29(46)19-41(4)31(48)20-44-26-8-6-7-23(24-16-27-22(15-25(24)36)17-39-42(27)5)33(26)34(40-44)21-11-13-43(14-12-21)30(47)10-9-28(37)45/h6-8,15-17,21H,9-14,18-20H2,1-5H3,(H2,37,45)(H,38,46). The molecule has 1 aliphatic rings. The fraction of sp³-hybridized carbons (Fsp3) is 0.457. The molecule has 2 aromatic carbocycles. The third-order valence-electron chi connectivity index (χ3n) is 8.69. The number of primary amides is 1. The quantitative estimate of drug-likeness (QED) is 0.226. The number of piperidine rings is 1. The number of carbonyl (C=O) groups is 5. The molecule has 0 atom stereocenters. The summed E-state index contributed by atoms with van der Waals surface area (Å²) >= 11 is 0. The Morgan fingerprint density at radius 2 is 1.78 bits per heavy atom. The second kappa shape index (κ2) is 14.6. The van der Waals surface area contributed by atoms with Gasteiger partial charge in [0.15, 0.2) is 0 Å². The highest BCUT2D eigenvalue weighted by Crippen LogP contribution is 2.40. The van der Waals surface area contributed by atoms with E-state index in [4.69, 9.17) is 15.6 Å². The molecule has 0 bridgehead atoms. The number of nitrogens with one attached hydrogen (secondary N) is 1. The SMILES string of the molecule is CN(CC(=O)NCC(=O)OC(C)(C)C)C(=O)Cn1nc(C2CCN(C(=O)CCC(N)=O)CC2)c2c(-c3cc4c(cnn4C)cc3F)cccc21. The van der Waals surface area contributed by atoms with Crippen LogP contribution in [0.1, 0.15) is 58.1 Å². The van der Waals surface area contributed by atoms with Crippen molar-refractivity contribution in [2.75, 3.05) is 33.2 Å². The summed E-state index contributed by atoms with van der Waals surface area (Å²) < 4.78 is 24.2. The average molecular weight is 691 g/mol. The summed E-state index contributed by atoms with van der Waals surface area (Å²) in [6.45, 7) is 5.22. The lowest BCUT2D eigenvalue weighted by Crippen LogP contribution is -2.42. The normalized spacial score (nSPS) is 13.8. The van der Waals surface area contributed by atoms with Crippen molar-refractivity contribution in [2.45, 2.75) is 64.5 Å². The van der Waals surface area contributed by atoms with Gasteiger partial charge in [0.05, 0.1) is 29.5 Å². The van der Waals surface area contributed by atoms with Gasteiger partial charge in [-0.15, -0.1) is 0 Å². The van der Waals surface area contributed by atoms with Crippen LogP contribution in [0.5, 0.6) is 0 Å². The number of likely N-dealkylation sites (tertiary alicyclic amines) is 1. The van der Waals surface area contributed by atoms with E-state index in [2.05, 4.69) is 10.4 Å². The first kappa shape index (κ1) is 36.0. The van der Waals surface area contributed by atoms with Crippen LogP contribution < -0.4 is 11.1 Å². The minimum Gasteiger partial charge on any atom is -0.459 e. The molecule has 1 saturated heterocycles. The zero-order chi connectivity index (χ0) is 36.3. The van der Waals surface area contributed by atoms with Crippen molar-refractivity contribution in [3.63, 3.8) is 0 Å². The number of hydrogen-bond acceptors (Lipinski definition) is 8. The summed E-state index contributed by atoms with van der Waals surface area (Å²) in [7, 11) is 3.27. The number of halogens is 1. The highest BCUT2D eigenvalue weighted by atomic mass is 19.1. The summed E-state index contributed by atoms with van der Waals surface area (Å²) in [4.78, 5) is 64.9. The third kappa shape index (κ3) is 8.26. The Bertz CT molecular complexity index is 1950. The van der Waals surface area contributed by atoms with Crippen LogP contribution in [0, 0.1) is 5.82 Å². The van der Waals surface area contributed by atoms with Crippen molar-refractivity contribution in [3.05, 3.63) is 48.0 Å². The number of esters is 1. The van der Waals surface area contributed by atoms with Gasteiger partial charge in [0.2, 0.25) is 23.6 Å². The van der Waals surface area contributed by atoms with Gasteiger partial charge in [0.25, 0.3) is 0 Å². The number of amides is 4. The highest BCUT2D eigenvalue weighted by Gasteiger charge is 2.30. The fourth-order valence-electron chi connectivity index (χ4n) is 6.21. The Morgan fingerprint density at radius 1 is 1.06 bits per heavy atom. The molecule has 50 heavy (non-hydrogen) atoms. The molecular formula is C35H43FN8O6. The van der Waals surface area contributed by atoms with Crippen LogP contribution in [0.3, 0.4) is 0 Å². The van der Waals surface area contributed by atoms with Crippen LogP contribution in [-0.4, -0.2) is 97.8 Å². The lowest BCUT2D eigenvalue weighted by atomic mass is 9.88. The maximum atomic E-state index is 15.8. The molecule has 0 saturated carbocycles. The van der Waals surface area contributed by atoms with E-state index < -0.39 is 35.1 Å². The Morgan fingerprint density at radius 3 is 2.46 bits per heavy atom. The maximum Gasteiger partial charge on any atom is 0.325 e. The van der Waals surface area contributed by atoms with Crippen molar-refractivity contribution >= 4 is 51.4 Å². The van der Waals surface area contributed by atoms with Crippen LogP contribution in [0.4, 0.5) is 4.39 Å². The van der Waals surface area contributed by atoms with E-state index in [1.165, 1.54) is 18.0 Å². The van der Waals surface area contributed by atoms with E-state index in [1.54, 1.807) is 60.4 Å². The number of rotatable bonds is 11. The third-order valence-corrected chi connectivity index (χ3v) is 8.69. The fourth-order valence-corrected chi connectivity index (χ4v) is 6.21. The van der Waals surface area contributed by atoms with Gasteiger partial charge >= 0.3 is 5.97 Å². The molecule has 0 spiro atoms. The first-order valence-corrected chi connectivity index (χ1v) is 16.5. The van der Waals surface area contributed by atoms with Gasteiger partial charge in [-0.2, -0.15) is 10.2 Å². The van der Waals surface area contributed by atoms with Gasteiger partial charge in [0, 0.05) is 62.3 Å². The molecular weight excluding hydrogens is 647 g/mol. The number of aryl methyl sites for hydroxylation is 1. The molecule has 4 amide bonds. The molecule has 266 valence electrons. The summed E-state index contributed by atoms with van der Waals surface area (Å²) in [6.07, 6.45) is 2.77. The Labute approximate surface area is 288 Å². The maximum absolute atomic E-state index is 15.8. The Kier molecular flexibility index (Phi) is 10.5. The average Bonchev–Trinajstić information content (AvgIpc) is 3.60. The minimum atomic E-state index is -0.697. The number of ether oxygens (including phenoxy) is 1. The van der Waals surface area contributed by atoms with Crippen LogP contribution >= 0.6 is 0 Å². The molecule has 14 nitrogen and oxygen atoms in total. The second-order valence-corrected chi connectivity index (χ2v) is 13.6. The molecule has 1 fully saturated rings. The minimum absolute atomic E-state index is 0.0163. The molecule has 3 heterocycles. The number of fused-ring (bicyclic) bond motifs is 2. The summed E-state index contributed by atoms with van der Waals surface area (Å²) in [6, 6.07) is 8.62. The largest absolute Gasteiger partial charge is 0.459 e. The lowest BCUT2D eigenvalue weighted by Gasteiger charge is -2.31. The van der Waals surface area contributed by atoms with Crippen LogP contribution in [0.2, 0.25) is 0 Å². The number of nitrogens with zero attached hydrogens (tertiary/aromatic N) is 6. The number of hydrogen-bond donors (Lipinski definition) is 2. The topological polar surface area (TPSA) is 175 Å². The predicted octanol–water partition coefficient (Wildman–Crippen LogP) is 2.62. The van der Waals surface area contributed by atoms with E-state index >= 15 is 4.39 Å². The Hall–Kier alpha value is -5.34. The van der Waals surface area contributed by atoms with Crippen molar-refractivity contribution in [2.24, 2.45) is 12.8 Å². The molecule has 4 aromatic rings. The van der Waals surface area contributed by atoms with Gasteiger partial charge in [-0.25, -0.2) is 4.39 Å². The predicted molar refractivity (Wildman–Crippen MR) is 183 cm³/mol. The Balaban J connectivity index is 1.42. The zero-order valence-corrected chi connectivity index (χ0v) is 29.0. The van der Waals surface area contributed by atoms with Gasteiger partial charge in [-0.05, 0) is 57.4 Å². The van der Waals surface area contributed by atoms with E-state index in [-0.39, 0.29) is 44.3 Å². The monoisotopic (exact) mass is 690 g/mol. The number of carbonyl (C=O) groups excluding carboxylic acids is 5. The zero-order valence-electron chi connectivity index (χ0n) is 29.0. The first-order chi connectivity index (χ1) is 23.6. The molecule has 0 unspecified atom stereocenters. The van der Waals surface area contributed by atoms with E-state index in [1.807, 2.05) is 12.1 Å². The van der Waals surface area contributed by atoms with Crippen molar-refractivity contribution < 1.29 is 33.1 Å². The summed E-state index contributed by atoms with van der Waals surface area (Å²) in [5, 5.41) is 13.0. The molecule has 3 N–H and O–H groups in total. The molecule has 2 aromatic heterocycles. The van der Waals surface area contributed by atoms with E-state index in [0.29, 0.717) is 59.0 Å². The number of likely N-dealkylation sites (N-methyl/N-ethyl adjacent to an activating group) is 1. The lowest BCUT2D eigenvalue weighted by molar-refractivity contribution is -0.154. The van der Waals surface area contributed by atoms with E-state index in [0.717, 1.165) is 5.52 Å². The van der Waals surface area contributed by atoms with Gasteiger partial charge < -0.3 is 25.6 Å². The van der Waals surface area contributed by atoms with Crippen molar-refractivity contribution in [1.82, 2.24) is 34.7 Å². The van der Waals surface area contributed by atoms with Crippen LogP contribution in [0.15, 0.2) is 36.5 Å². The van der Waals surface area contributed by atoms with Crippen molar-refractivity contribution in [1.29, 1.82) is 0 Å². The first-order valence-electron chi connectivity index (χ1n) is 16.5. The summed E-state index contributed by atoms with van der Waals surface area (Å²) in [5.41, 5.74) is 7.53. The molecule has 0 radical (unpaired) electrons. The number of benzene rings is 2. The van der Waals surface area contributed by atoms with Crippen molar-refractivity contribution in [3.8, 4) is 11.1 Å². The van der Waals surface area contributed by atoms with Gasteiger partial charge in [-0.1, -0.05) is 12.1 Å². The molecule has 1 aliphatic heterocycles. The highest BCUT2D eigenvalue weighted by molar-refractivity contribution is 6.00. The molecule has 15 heteroatoms. The second-order valence-electron chi connectivity index (χ2n) is 13.6. The van der Waals surface area contributed by atoms with E-state index in [9.17, 15) is 24.0 Å². The van der Waals surface area contributed by atoms with Gasteiger partial charge in [-0.3, -0.25) is 33.3 Å². The van der Waals surface area contributed by atoms with Crippen LogP contribution in [-0.2, 0) is 42.3 Å². The number of aromatic nitrogens is 4. The molecule has 0 aliphatic carbocycles. The number of nitrogens with two attached hydrogens (primary N) is 1.